The number of hydrogen-bond acceptors (Lipinski definition) is 5. The molecule has 7 heteroatoms. The Labute approximate surface area is 94.1 Å². The number of methoxy groups -OCH3 is 1. The number of carbonyl (C=O) groups is 1. The maximum absolute atomic E-state index is 13.5. The standard InChI is InChI=1S/C9H19FN4O2/c1-16-8-2-3-14(5-6(8)10)9(15)7(4-11)13-12/h6-8,13H,2-5,11-12H2,1H3/t6-,7?,8+/m1/s1. The molecule has 94 valence electrons. The van der Waals surface area contributed by atoms with Crippen LogP contribution in [-0.2, 0) is 9.53 Å². The third-order valence-corrected chi connectivity index (χ3v) is 2.83. The molecular formula is C9H19FN4O2. The highest BCUT2D eigenvalue weighted by Crippen LogP contribution is 2.17. The lowest BCUT2D eigenvalue weighted by Gasteiger charge is -2.35. The molecule has 0 aromatic carbocycles. The lowest BCUT2D eigenvalue weighted by atomic mass is 10.0. The number of nitrogens with zero attached hydrogens (tertiary/aromatic N) is 1. The number of piperidine rings is 1. The van der Waals surface area contributed by atoms with E-state index in [1.54, 1.807) is 0 Å². The number of carbonyl (C=O) groups excluding carboxylic acids is 1. The molecule has 0 aromatic heterocycles. The number of hydrogen-bond donors (Lipinski definition) is 3. The molecule has 3 atom stereocenters. The summed E-state index contributed by atoms with van der Waals surface area (Å²) in [5, 5.41) is 0. The van der Waals surface area contributed by atoms with Crippen molar-refractivity contribution in [2.75, 3.05) is 26.7 Å². The minimum atomic E-state index is -1.15. The van der Waals surface area contributed by atoms with Gasteiger partial charge in [-0.3, -0.25) is 10.6 Å². The zero-order valence-corrected chi connectivity index (χ0v) is 9.36. The van der Waals surface area contributed by atoms with Crippen molar-refractivity contribution in [1.82, 2.24) is 10.3 Å². The second kappa shape index (κ2) is 6.09. The fraction of sp³-hybridized carbons (Fsp3) is 0.889. The highest BCUT2D eigenvalue weighted by atomic mass is 19.1. The summed E-state index contributed by atoms with van der Waals surface area (Å²) in [6.45, 7) is 0.599. The Bertz CT molecular complexity index is 238. The second-order valence-electron chi connectivity index (χ2n) is 3.82. The van der Waals surface area contributed by atoms with Crippen LogP contribution >= 0.6 is 0 Å². The van der Waals surface area contributed by atoms with Crippen molar-refractivity contribution in [2.24, 2.45) is 11.6 Å². The molecule has 1 heterocycles. The average Bonchev–Trinajstić information content (AvgIpc) is 2.30. The van der Waals surface area contributed by atoms with Crippen molar-refractivity contribution in [3.8, 4) is 0 Å². The Morgan fingerprint density at radius 3 is 2.88 bits per heavy atom. The first-order chi connectivity index (χ1) is 7.63. The summed E-state index contributed by atoms with van der Waals surface area (Å²) in [5.41, 5.74) is 7.69. The Kier molecular flexibility index (Phi) is 5.07. The molecule has 1 aliphatic heterocycles. The zero-order chi connectivity index (χ0) is 12.1. The maximum Gasteiger partial charge on any atom is 0.242 e. The largest absolute Gasteiger partial charge is 0.378 e. The van der Waals surface area contributed by atoms with Crippen LogP contribution in [0.1, 0.15) is 6.42 Å². The molecule has 1 unspecified atom stereocenters. The first kappa shape index (κ1) is 13.3. The summed E-state index contributed by atoms with van der Waals surface area (Å²) < 4.78 is 18.5. The highest BCUT2D eigenvalue weighted by molar-refractivity contribution is 5.82. The Morgan fingerprint density at radius 2 is 2.44 bits per heavy atom. The van der Waals surface area contributed by atoms with Gasteiger partial charge in [-0.1, -0.05) is 0 Å². The number of amides is 1. The molecule has 5 N–H and O–H groups in total. The molecule has 0 radical (unpaired) electrons. The van der Waals surface area contributed by atoms with Gasteiger partial charge in [-0.2, -0.15) is 0 Å². The van der Waals surface area contributed by atoms with Crippen molar-refractivity contribution in [3.63, 3.8) is 0 Å². The van der Waals surface area contributed by atoms with Crippen LogP contribution in [0.3, 0.4) is 0 Å². The Hall–Kier alpha value is -0.760. The zero-order valence-electron chi connectivity index (χ0n) is 9.36. The third-order valence-electron chi connectivity index (χ3n) is 2.83. The van der Waals surface area contributed by atoms with E-state index >= 15 is 0 Å². The van der Waals surface area contributed by atoms with Gasteiger partial charge in [0.2, 0.25) is 5.91 Å². The molecule has 0 aromatic rings. The second-order valence-corrected chi connectivity index (χ2v) is 3.82. The number of nitrogens with two attached hydrogens (primary N) is 2. The van der Waals surface area contributed by atoms with Gasteiger partial charge in [0.05, 0.1) is 12.6 Å². The highest BCUT2D eigenvalue weighted by Gasteiger charge is 2.33. The Morgan fingerprint density at radius 1 is 1.75 bits per heavy atom. The van der Waals surface area contributed by atoms with Gasteiger partial charge in [0.15, 0.2) is 0 Å². The summed E-state index contributed by atoms with van der Waals surface area (Å²) >= 11 is 0. The fourth-order valence-corrected chi connectivity index (χ4v) is 1.81. The maximum atomic E-state index is 13.5. The first-order valence-electron chi connectivity index (χ1n) is 5.25. The van der Waals surface area contributed by atoms with E-state index in [4.69, 9.17) is 16.3 Å². The van der Waals surface area contributed by atoms with Crippen LogP contribution in [0, 0.1) is 0 Å². The van der Waals surface area contributed by atoms with E-state index in [9.17, 15) is 9.18 Å². The molecule has 1 saturated heterocycles. The molecule has 1 amide bonds. The van der Waals surface area contributed by atoms with Gasteiger partial charge < -0.3 is 15.4 Å². The molecule has 0 spiro atoms. The summed E-state index contributed by atoms with van der Waals surface area (Å²) in [7, 11) is 1.47. The van der Waals surface area contributed by atoms with Gasteiger partial charge in [-0.05, 0) is 6.42 Å². The van der Waals surface area contributed by atoms with Crippen molar-refractivity contribution in [1.29, 1.82) is 0 Å². The van der Waals surface area contributed by atoms with Crippen LogP contribution in [0.15, 0.2) is 0 Å². The van der Waals surface area contributed by atoms with E-state index in [0.717, 1.165) is 0 Å². The third kappa shape index (κ3) is 2.88. The van der Waals surface area contributed by atoms with Crippen molar-refractivity contribution >= 4 is 5.91 Å². The normalized spacial score (nSPS) is 27.9. The van der Waals surface area contributed by atoms with E-state index in [0.29, 0.717) is 13.0 Å². The van der Waals surface area contributed by atoms with E-state index in [-0.39, 0.29) is 19.0 Å². The quantitative estimate of drug-likeness (QED) is 0.401. The number of ether oxygens (including phenoxy) is 1. The van der Waals surface area contributed by atoms with E-state index in [1.165, 1.54) is 12.0 Å². The smallest absolute Gasteiger partial charge is 0.242 e. The van der Waals surface area contributed by atoms with E-state index in [1.807, 2.05) is 0 Å². The lowest BCUT2D eigenvalue weighted by molar-refractivity contribution is -0.138. The van der Waals surface area contributed by atoms with Crippen LogP contribution < -0.4 is 17.0 Å². The fourth-order valence-electron chi connectivity index (χ4n) is 1.81. The van der Waals surface area contributed by atoms with Crippen molar-refractivity contribution in [2.45, 2.75) is 24.7 Å². The van der Waals surface area contributed by atoms with Crippen LogP contribution in [0.25, 0.3) is 0 Å². The van der Waals surface area contributed by atoms with Crippen LogP contribution in [0.5, 0.6) is 0 Å². The summed E-state index contributed by atoms with van der Waals surface area (Å²) in [4.78, 5) is 13.2. The van der Waals surface area contributed by atoms with Crippen LogP contribution in [0.4, 0.5) is 4.39 Å². The minimum Gasteiger partial charge on any atom is -0.378 e. The van der Waals surface area contributed by atoms with Crippen LogP contribution in [0.2, 0.25) is 0 Å². The molecule has 6 nitrogen and oxygen atoms in total. The summed E-state index contributed by atoms with van der Waals surface area (Å²) in [6.07, 6.45) is -1.09. The minimum absolute atomic E-state index is 0.0372. The van der Waals surface area contributed by atoms with Gasteiger partial charge in [-0.25, -0.2) is 9.82 Å². The molecule has 1 aliphatic rings. The van der Waals surface area contributed by atoms with Crippen molar-refractivity contribution < 1.29 is 13.9 Å². The molecular weight excluding hydrogens is 215 g/mol. The van der Waals surface area contributed by atoms with Gasteiger partial charge in [0.1, 0.15) is 12.2 Å². The molecule has 1 rings (SSSR count). The number of alkyl halides is 1. The van der Waals surface area contributed by atoms with Crippen molar-refractivity contribution in [3.05, 3.63) is 0 Å². The summed E-state index contributed by atoms with van der Waals surface area (Å²) in [6, 6.07) is -0.647. The number of hydrazine groups is 1. The Balaban J connectivity index is 2.53. The predicted molar refractivity (Wildman–Crippen MR) is 57.1 cm³/mol. The molecule has 16 heavy (non-hydrogen) atoms. The lowest BCUT2D eigenvalue weighted by Crippen LogP contribution is -2.57. The monoisotopic (exact) mass is 234 g/mol. The molecule has 1 fully saturated rings. The van der Waals surface area contributed by atoms with E-state index in [2.05, 4.69) is 5.43 Å². The molecule has 0 saturated carbocycles. The van der Waals surface area contributed by atoms with Gasteiger partial charge in [0, 0.05) is 20.2 Å². The number of nitrogens with one attached hydrogen (secondary N) is 1. The van der Waals surface area contributed by atoms with Crippen LogP contribution in [-0.4, -0.2) is 55.9 Å². The number of rotatable bonds is 4. The molecule has 0 bridgehead atoms. The first-order valence-corrected chi connectivity index (χ1v) is 5.25. The topological polar surface area (TPSA) is 93.6 Å². The van der Waals surface area contributed by atoms with Gasteiger partial charge in [-0.15, -0.1) is 0 Å². The SMILES string of the molecule is CO[C@H]1CCN(C(=O)C(CN)NN)C[C@H]1F. The number of halogens is 1. The van der Waals surface area contributed by atoms with E-state index < -0.39 is 18.3 Å². The predicted octanol–water partition coefficient (Wildman–Crippen LogP) is -1.64. The number of likely N-dealkylation sites (tertiary alicyclic amines) is 1. The van der Waals surface area contributed by atoms with Gasteiger partial charge >= 0.3 is 0 Å². The summed E-state index contributed by atoms with van der Waals surface area (Å²) in [5.74, 6) is 4.92. The van der Waals surface area contributed by atoms with Gasteiger partial charge in [0.25, 0.3) is 0 Å². The average molecular weight is 234 g/mol. The molecule has 0 aliphatic carbocycles.